The number of nitrogens with one attached hydrogen (secondary N) is 1. The molecule has 1 fully saturated rings. The van der Waals surface area contributed by atoms with Crippen LogP contribution in [0.2, 0.25) is 0 Å². The van der Waals surface area contributed by atoms with Crippen LogP contribution >= 0.6 is 0 Å². The number of alkyl halides is 2. The lowest BCUT2D eigenvalue weighted by atomic mass is 9.96. The van der Waals surface area contributed by atoms with E-state index in [4.69, 9.17) is 14.2 Å². The van der Waals surface area contributed by atoms with Crippen LogP contribution in [-0.2, 0) is 16.0 Å². The highest BCUT2D eigenvalue weighted by atomic mass is 19.3. The lowest BCUT2D eigenvalue weighted by Crippen LogP contribution is -2.36. The molecule has 40 heavy (non-hydrogen) atoms. The number of aryl methyl sites for hydroxylation is 1. The van der Waals surface area contributed by atoms with Gasteiger partial charge in [0.1, 0.15) is 11.4 Å². The minimum atomic E-state index is -2.53. The van der Waals surface area contributed by atoms with Crippen LogP contribution in [0.3, 0.4) is 0 Å². The van der Waals surface area contributed by atoms with Crippen LogP contribution in [-0.4, -0.2) is 66.9 Å². The molecule has 4 rings (SSSR count). The first-order chi connectivity index (χ1) is 18.9. The molecule has 0 radical (unpaired) electrons. The van der Waals surface area contributed by atoms with Gasteiger partial charge in [0.15, 0.2) is 0 Å². The van der Waals surface area contributed by atoms with E-state index in [0.29, 0.717) is 36.5 Å². The summed E-state index contributed by atoms with van der Waals surface area (Å²) in [6, 6.07) is 9.29. The third-order valence-electron chi connectivity index (χ3n) is 7.15. The van der Waals surface area contributed by atoms with Gasteiger partial charge in [-0.1, -0.05) is 12.1 Å². The van der Waals surface area contributed by atoms with E-state index in [-0.39, 0.29) is 12.5 Å². The maximum atomic E-state index is 13.9. The summed E-state index contributed by atoms with van der Waals surface area (Å²) >= 11 is 0. The molecular formula is C30H37F2N3O5. The topological polar surface area (TPSA) is 82.0 Å². The Labute approximate surface area is 233 Å². The molecule has 3 aromatic rings. The Morgan fingerprint density at radius 2 is 1.82 bits per heavy atom. The zero-order valence-corrected chi connectivity index (χ0v) is 23.8. The van der Waals surface area contributed by atoms with Crippen molar-refractivity contribution >= 4 is 23.0 Å². The fraction of sp³-hybridized carbons (Fsp3) is 0.467. The number of ether oxygens (including phenoxy) is 3. The Morgan fingerprint density at radius 1 is 1.12 bits per heavy atom. The zero-order chi connectivity index (χ0) is 29.2. The molecule has 0 aliphatic carbocycles. The third-order valence-corrected chi connectivity index (χ3v) is 7.15. The molecule has 1 saturated heterocycles. The van der Waals surface area contributed by atoms with Gasteiger partial charge in [0.05, 0.1) is 31.3 Å². The van der Waals surface area contributed by atoms with Gasteiger partial charge in [-0.05, 0) is 69.5 Å². The van der Waals surface area contributed by atoms with E-state index in [1.807, 2.05) is 39.8 Å². The van der Waals surface area contributed by atoms with E-state index in [0.717, 1.165) is 22.1 Å². The Bertz CT molecular complexity index is 1360. The van der Waals surface area contributed by atoms with Gasteiger partial charge in [0.25, 0.3) is 6.43 Å². The number of nitrogens with zero attached hydrogens (tertiary/aromatic N) is 2. The molecule has 0 bridgehead atoms. The number of carbonyl (C=O) groups is 2. The Kier molecular flexibility index (Phi) is 8.80. The van der Waals surface area contributed by atoms with Gasteiger partial charge < -0.3 is 19.5 Å². The first-order valence-corrected chi connectivity index (χ1v) is 13.3. The maximum absolute atomic E-state index is 13.9. The molecule has 2 heterocycles. The van der Waals surface area contributed by atoms with Gasteiger partial charge in [-0.25, -0.2) is 18.4 Å². The summed E-state index contributed by atoms with van der Waals surface area (Å²) in [7, 11) is 2.91. The predicted molar refractivity (Wildman–Crippen MR) is 148 cm³/mol. The van der Waals surface area contributed by atoms with E-state index in [9.17, 15) is 18.4 Å². The molecule has 2 aromatic carbocycles. The first kappa shape index (κ1) is 29.5. The smallest absolute Gasteiger partial charge is 0.419 e. The zero-order valence-electron chi connectivity index (χ0n) is 23.8. The molecule has 216 valence electrons. The van der Waals surface area contributed by atoms with E-state index >= 15 is 0 Å². The molecule has 0 saturated carbocycles. The van der Waals surface area contributed by atoms with Crippen molar-refractivity contribution in [2.75, 3.05) is 27.3 Å². The second kappa shape index (κ2) is 11.9. The number of rotatable bonds is 6. The van der Waals surface area contributed by atoms with Gasteiger partial charge in [-0.3, -0.25) is 9.47 Å². The molecule has 1 aliphatic rings. The third kappa shape index (κ3) is 6.28. The molecule has 1 aromatic heterocycles. The van der Waals surface area contributed by atoms with Crippen molar-refractivity contribution in [3.63, 3.8) is 0 Å². The van der Waals surface area contributed by atoms with Crippen LogP contribution in [0, 0.1) is 6.92 Å². The van der Waals surface area contributed by atoms with Gasteiger partial charge in [0, 0.05) is 42.8 Å². The lowest BCUT2D eigenvalue weighted by molar-refractivity contribution is 0.0542. The van der Waals surface area contributed by atoms with Gasteiger partial charge >= 0.3 is 12.1 Å². The molecule has 1 N–H and O–H groups in total. The number of halogens is 2. The number of esters is 1. The molecule has 2 atom stereocenters. The van der Waals surface area contributed by atoms with Crippen LogP contribution in [0.5, 0.6) is 5.75 Å². The van der Waals surface area contributed by atoms with E-state index in [2.05, 4.69) is 10.2 Å². The van der Waals surface area contributed by atoms with Gasteiger partial charge in [-0.15, -0.1) is 0 Å². The average Bonchev–Trinajstić information content (AvgIpc) is 3.25. The predicted octanol–water partition coefficient (Wildman–Crippen LogP) is 5.70. The van der Waals surface area contributed by atoms with Crippen molar-refractivity contribution < 1.29 is 32.6 Å². The average molecular weight is 558 g/mol. The van der Waals surface area contributed by atoms with Crippen LogP contribution in [0.15, 0.2) is 42.6 Å². The van der Waals surface area contributed by atoms with Crippen LogP contribution in [0.4, 0.5) is 13.6 Å². The molecule has 2 unspecified atom stereocenters. The fourth-order valence-electron chi connectivity index (χ4n) is 5.28. The van der Waals surface area contributed by atoms with Crippen molar-refractivity contribution in [1.82, 2.24) is 14.8 Å². The molecule has 10 heteroatoms. The Morgan fingerprint density at radius 3 is 2.42 bits per heavy atom. The van der Waals surface area contributed by atoms with E-state index < -0.39 is 30.1 Å². The highest BCUT2D eigenvalue weighted by Crippen LogP contribution is 2.37. The molecular weight excluding hydrogens is 520 g/mol. The summed E-state index contributed by atoms with van der Waals surface area (Å²) in [5.41, 5.74) is 2.94. The summed E-state index contributed by atoms with van der Waals surface area (Å²) in [6.45, 7) is 8.62. The van der Waals surface area contributed by atoms with E-state index in [1.165, 1.54) is 11.7 Å². The number of carbonyl (C=O) groups excluding carboxylic acids is 2. The minimum absolute atomic E-state index is 0.172. The maximum Gasteiger partial charge on any atom is 0.419 e. The number of methoxy groups -OCH3 is 2. The number of hydrogen-bond donors (Lipinski definition) is 1. The Hall–Kier alpha value is -3.50. The number of fused-ring (bicyclic) bond motifs is 1. The summed E-state index contributed by atoms with van der Waals surface area (Å²) in [4.78, 5) is 27.1. The van der Waals surface area contributed by atoms with Crippen LogP contribution in [0.25, 0.3) is 10.9 Å². The summed E-state index contributed by atoms with van der Waals surface area (Å²) in [5, 5.41) is 3.81. The van der Waals surface area contributed by atoms with Crippen molar-refractivity contribution in [2.45, 2.75) is 64.8 Å². The highest BCUT2D eigenvalue weighted by Gasteiger charge is 2.33. The van der Waals surface area contributed by atoms with Gasteiger partial charge in [0.2, 0.25) is 0 Å². The molecule has 0 amide bonds. The fourth-order valence-corrected chi connectivity index (χ4v) is 5.28. The summed E-state index contributed by atoms with van der Waals surface area (Å²) in [5.74, 6) is 0.187. The van der Waals surface area contributed by atoms with Crippen molar-refractivity contribution in [1.29, 1.82) is 0 Å². The van der Waals surface area contributed by atoms with Crippen LogP contribution in [0.1, 0.15) is 60.3 Å². The number of aromatic nitrogens is 1. The summed E-state index contributed by atoms with van der Waals surface area (Å²) in [6.07, 6.45) is -1.15. The first-order valence-electron chi connectivity index (χ1n) is 13.3. The lowest BCUT2D eigenvalue weighted by Gasteiger charge is -2.32. The quantitative estimate of drug-likeness (QED) is 0.390. The minimum Gasteiger partial charge on any atom is -0.496 e. The normalized spacial score (nSPS) is 18.5. The van der Waals surface area contributed by atoms with E-state index in [1.54, 1.807) is 37.6 Å². The molecule has 1 aliphatic heterocycles. The largest absolute Gasteiger partial charge is 0.496 e. The second-order valence-corrected chi connectivity index (χ2v) is 11.0. The van der Waals surface area contributed by atoms with Crippen LogP contribution < -0.4 is 10.1 Å². The monoisotopic (exact) mass is 557 g/mol. The number of hydrogen-bond acceptors (Lipinski definition) is 7. The van der Waals surface area contributed by atoms with Crippen molar-refractivity contribution in [3.8, 4) is 5.75 Å². The van der Waals surface area contributed by atoms with Crippen molar-refractivity contribution in [3.05, 3.63) is 64.8 Å². The molecule has 0 spiro atoms. The number of benzene rings is 2. The highest BCUT2D eigenvalue weighted by molar-refractivity contribution is 5.95. The van der Waals surface area contributed by atoms with Crippen molar-refractivity contribution in [2.24, 2.45) is 0 Å². The van der Waals surface area contributed by atoms with Gasteiger partial charge in [-0.2, -0.15) is 0 Å². The molecule has 8 nitrogen and oxygen atoms in total. The Balaban J connectivity index is 1.76. The second-order valence-electron chi connectivity index (χ2n) is 11.0. The SMILES string of the molecule is COC(=O)c1ccc(C2CC(C(F)F)NCCN2Cc2c(OC)cc(C)c3c2ccn3C(=O)OC(C)(C)C)cc1. The standard InChI is InChI=1S/C30H37F2N3O5/c1-18-15-25(38-5)22(21-11-13-35(26(18)21)29(37)40-30(2,3)4)17-34-14-12-33-23(27(31)32)16-24(34)19-7-9-20(10-8-19)28(36)39-6/h7-11,13,15,23-24,27,33H,12,14,16-17H2,1-6H3. The summed E-state index contributed by atoms with van der Waals surface area (Å²) < 4.78 is 45.5.